The molecule has 6 rings (SSSR count). The number of Topliss-reactive ketones (excluding diaryl/α,β-unsaturated/α-hetero) is 6. The maximum atomic E-state index is 12.1. The maximum Gasteiger partial charge on any atom is 0.256 e. The van der Waals surface area contributed by atoms with Crippen molar-refractivity contribution in [2.75, 3.05) is 0 Å². The van der Waals surface area contributed by atoms with E-state index in [9.17, 15) is 75.1 Å². The molecule has 0 amide bonds. The average Bonchev–Trinajstić information content (AvgIpc) is 3.24. The summed E-state index contributed by atoms with van der Waals surface area (Å²) in [7, 11) is 0. The fourth-order valence-corrected chi connectivity index (χ4v) is 5.32. The second kappa shape index (κ2) is 24.0. The zero-order valence-corrected chi connectivity index (χ0v) is 37.6. The predicted molar refractivity (Wildman–Crippen MR) is 226 cm³/mol. The van der Waals surface area contributed by atoms with Crippen molar-refractivity contribution in [2.24, 2.45) is 0 Å². The van der Waals surface area contributed by atoms with Crippen LogP contribution in [0.2, 0.25) is 0 Å². The van der Waals surface area contributed by atoms with Crippen molar-refractivity contribution < 1.29 is 75.1 Å². The van der Waals surface area contributed by atoms with Gasteiger partial charge in [-0.25, -0.2) is 0 Å². The minimum absolute atomic E-state index is 0.0119. The summed E-state index contributed by atoms with van der Waals surface area (Å²) < 4.78 is 48.6. The molecule has 0 radical (unpaired) electrons. The smallest absolute Gasteiger partial charge is 0.256 e. The Morgan fingerprint density at radius 2 is 0.594 bits per heavy atom. The molecule has 0 N–H and O–H groups in total. The van der Waals surface area contributed by atoms with Gasteiger partial charge in [0, 0.05) is 44.6 Å². The highest BCUT2D eigenvalue weighted by Gasteiger charge is 2.37. The average molecular weight is 971 g/mol. The number of halogens is 8. The van der Waals surface area contributed by atoms with Crippen LogP contribution in [0.1, 0.15) is 55.4 Å². The molecule has 336 valence electrons. The molecule has 0 heterocycles. The molecule has 0 aromatic rings. The molecule has 0 saturated carbocycles. The molecule has 0 aromatic carbocycles. The molecular weight excluding hydrogens is 938 g/mol. The van der Waals surface area contributed by atoms with Crippen molar-refractivity contribution >= 4 is 116 Å². The zero-order valence-electron chi connectivity index (χ0n) is 34.5. The fourth-order valence-electron chi connectivity index (χ4n) is 4.50. The molecule has 0 spiro atoms. The Balaban J connectivity index is 0.000000385. The van der Waals surface area contributed by atoms with Crippen LogP contribution in [-0.2, 0) is 57.5 Å². The second-order valence-corrected chi connectivity index (χ2v) is 14.8. The summed E-state index contributed by atoms with van der Waals surface area (Å²) >= 11 is 21.5. The van der Waals surface area contributed by atoms with Crippen LogP contribution in [0.15, 0.2) is 137 Å². The Hall–Kier alpha value is -6.20. The molecule has 6 aliphatic carbocycles. The van der Waals surface area contributed by atoms with Gasteiger partial charge in [0.1, 0.15) is 20.1 Å². The molecule has 0 bridgehead atoms. The second-order valence-electron chi connectivity index (χ2n) is 13.3. The molecule has 0 fully saturated rings. The van der Waals surface area contributed by atoms with Gasteiger partial charge in [-0.2, -0.15) is 17.6 Å². The van der Waals surface area contributed by atoms with Crippen LogP contribution in [0.25, 0.3) is 0 Å². The third-order valence-electron chi connectivity index (χ3n) is 8.40. The standard InChI is InChI=1S/C9H10O2.2C8H8O2.C7H6O2.C6Cl4O2.C6F4O2/c1-5-4-8(10)6(2)7(3)9(5)11;1-5-3-8(10)6(2)4-7(5)9;1-5-3-7(9)4-6(2)8(5)10;1-5-4-6(8)2-3-7(5)9;2*7-1-2(8)6(12)4(10)3(9)5(1)11/h4H,1-3H3;2*3-4H,1-2H3;2-4H,1H3;;. The lowest BCUT2D eigenvalue weighted by Gasteiger charge is -2.09. The molecule has 0 aromatic heterocycles. The largest absolute Gasteiger partial charge is 0.290 e. The Morgan fingerprint density at radius 3 is 0.922 bits per heavy atom. The molecular formula is C44H32Cl4F4O12. The maximum absolute atomic E-state index is 12.1. The van der Waals surface area contributed by atoms with Crippen molar-refractivity contribution in [1.29, 1.82) is 0 Å². The highest BCUT2D eigenvalue weighted by atomic mass is 35.5. The number of hydrogen-bond acceptors (Lipinski definition) is 12. The molecule has 20 heteroatoms. The van der Waals surface area contributed by atoms with Crippen LogP contribution in [-0.4, -0.2) is 69.4 Å². The fraction of sp³-hybridized carbons (Fsp3) is 0.182. The first-order chi connectivity index (χ1) is 29.4. The van der Waals surface area contributed by atoms with Crippen molar-refractivity contribution in [2.45, 2.75) is 55.4 Å². The van der Waals surface area contributed by atoms with Gasteiger partial charge in [-0.3, -0.25) is 57.5 Å². The Bertz CT molecular complexity index is 2410. The number of rotatable bonds is 0. The lowest BCUT2D eigenvalue weighted by Crippen LogP contribution is -2.16. The van der Waals surface area contributed by atoms with Crippen LogP contribution < -0.4 is 0 Å². The minimum atomic E-state index is -2.20. The molecule has 0 atom stereocenters. The number of allylic oxidation sites excluding steroid dienone is 24. The van der Waals surface area contributed by atoms with E-state index in [0.717, 1.165) is 0 Å². The van der Waals surface area contributed by atoms with Gasteiger partial charge in [0.25, 0.3) is 11.6 Å². The first-order valence-corrected chi connectivity index (χ1v) is 19.1. The quantitative estimate of drug-likeness (QED) is 0.167. The monoisotopic (exact) mass is 968 g/mol. The first kappa shape index (κ1) is 55.8. The summed E-state index contributed by atoms with van der Waals surface area (Å²) in [4.78, 5) is 129. The summed E-state index contributed by atoms with van der Waals surface area (Å²) in [5.74, 6) is -14.9. The van der Waals surface area contributed by atoms with E-state index in [4.69, 9.17) is 46.4 Å². The summed E-state index contributed by atoms with van der Waals surface area (Å²) in [6.45, 7) is 13.2. The first-order valence-electron chi connectivity index (χ1n) is 17.6. The highest BCUT2D eigenvalue weighted by Crippen LogP contribution is 2.33. The van der Waals surface area contributed by atoms with Crippen molar-refractivity contribution in [3.63, 3.8) is 0 Å². The third kappa shape index (κ3) is 14.7. The van der Waals surface area contributed by atoms with E-state index in [1.54, 1.807) is 55.4 Å². The lowest BCUT2D eigenvalue weighted by molar-refractivity contribution is -0.120. The van der Waals surface area contributed by atoms with Crippen LogP contribution in [0.4, 0.5) is 17.6 Å². The van der Waals surface area contributed by atoms with Gasteiger partial charge in [-0.15, -0.1) is 0 Å². The van der Waals surface area contributed by atoms with E-state index in [0.29, 0.717) is 44.6 Å². The van der Waals surface area contributed by atoms with Gasteiger partial charge in [0.15, 0.2) is 46.3 Å². The Morgan fingerprint density at radius 1 is 0.297 bits per heavy atom. The Kier molecular flexibility index (Phi) is 21.0. The molecule has 12 nitrogen and oxygen atoms in total. The molecule has 0 aliphatic heterocycles. The van der Waals surface area contributed by atoms with Gasteiger partial charge >= 0.3 is 0 Å². The molecule has 6 aliphatic rings. The lowest BCUT2D eigenvalue weighted by atomic mass is 9.92. The van der Waals surface area contributed by atoms with Crippen molar-refractivity contribution in [3.8, 4) is 0 Å². The van der Waals surface area contributed by atoms with Crippen LogP contribution in [0.5, 0.6) is 0 Å². The summed E-state index contributed by atoms with van der Waals surface area (Å²) in [6, 6.07) is 0. The number of hydrogen-bond donors (Lipinski definition) is 0. The predicted octanol–water partition coefficient (Wildman–Crippen LogP) is 8.08. The van der Waals surface area contributed by atoms with E-state index in [1.165, 1.54) is 48.6 Å². The number of carbonyl (C=O) groups excluding carboxylic acids is 12. The van der Waals surface area contributed by atoms with Crippen LogP contribution in [0, 0.1) is 0 Å². The van der Waals surface area contributed by atoms with Crippen LogP contribution in [0.3, 0.4) is 0 Å². The van der Waals surface area contributed by atoms with E-state index in [-0.39, 0.29) is 46.3 Å². The minimum Gasteiger partial charge on any atom is -0.290 e. The molecule has 0 saturated heterocycles. The van der Waals surface area contributed by atoms with Gasteiger partial charge in [-0.05, 0) is 104 Å². The SMILES string of the molecule is CC1=CC(=O)C(C)=C(C)C1=O.CC1=CC(=O)C(C)=CC1=O.CC1=CC(=O)C=C(C)C1=O.CC1=CC(=O)C=CC1=O.O=C1C(Cl)=C(Cl)C(=O)C(Cl)=C1Cl.O=C1C(F)=C(F)C(=O)C(F)=C1F. The van der Waals surface area contributed by atoms with E-state index < -0.39 is 66.6 Å². The highest BCUT2D eigenvalue weighted by molar-refractivity contribution is 6.69. The van der Waals surface area contributed by atoms with Gasteiger partial charge in [0.2, 0.25) is 34.9 Å². The van der Waals surface area contributed by atoms with E-state index in [1.807, 2.05) is 0 Å². The van der Waals surface area contributed by atoms with Gasteiger partial charge in [-0.1, -0.05) is 46.4 Å². The topological polar surface area (TPSA) is 205 Å². The molecule has 0 unspecified atom stereocenters. The Labute approximate surface area is 381 Å². The number of carbonyl (C=O) groups is 12. The van der Waals surface area contributed by atoms with E-state index in [2.05, 4.69) is 0 Å². The van der Waals surface area contributed by atoms with Crippen molar-refractivity contribution in [1.82, 2.24) is 0 Å². The van der Waals surface area contributed by atoms with Gasteiger partial charge < -0.3 is 0 Å². The summed E-state index contributed by atoms with van der Waals surface area (Å²) in [5, 5.41) is -1.57. The number of ketones is 12. The van der Waals surface area contributed by atoms with E-state index >= 15 is 0 Å². The van der Waals surface area contributed by atoms with Gasteiger partial charge in [0.05, 0.1) is 0 Å². The normalized spacial score (nSPS) is 18.9. The zero-order chi connectivity index (χ0) is 49.8. The van der Waals surface area contributed by atoms with Crippen molar-refractivity contribution in [3.05, 3.63) is 137 Å². The molecule has 64 heavy (non-hydrogen) atoms. The summed E-state index contributed by atoms with van der Waals surface area (Å²) in [5.41, 5.74) is 4.32. The van der Waals surface area contributed by atoms with Crippen LogP contribution >= 0.6 is 46.4 Å². The third-order valence-corrected chi connectivity index (χ3v) is 10.0. The summed E-state index contributed by atoms with van der Waals surface area (Å²) in [6.07, 6.45) is 10.8.